The van der Waals surface area contributed by atoms with Crippen LogP contribution in [-0.4, -0.2) is 62.6 Å². The number of aliphatic hydroxyl groups is 1. The van der Waals surface area contributed by atoms with E-state index in [0.29, 0.717) is 19.5 Å². The average molecular weight is 377 g/mol. The number of aromatic nitrogens is 2. The minimum Gasteiger partial charge on any atom is -0.379 e. The summed E-state index contributed by atoms with van der Waals surface area (Å²) >= 11 is 0. The Morgan fingerprint density at radius 2 is 2.07 bits per heavy atom. The van der Waals surface area contributed by atoms with Crippen molar-refractivity contribution in [3.63, 3.8) is 0 Å². The third-order valence-corrected chi connectivity index (χ3v) is 6.32. The minimum atomic E-state index is -1.26. The van der Waals surface area contributed by atoms with Crippen LogP contribution in [0.5, 0.6) is 0 Å². The molecule has 0 spiro atoms. The van der Waals surface area contributed by atoms with Gasteiger partial charge in [0.05, 0.1) is 6.54 Å². The number of likely N-dealkylation sites (N-methyl/N-ethyl adjacent to an activating group) is 1. The van der Waals surface area contributed by atoms with Crippen molar-refractivity contribution in [1.29, 1.82) is 0 Å². The predicted molar refractivity (Wildman–Crippen MR) is 106 cm³/mol. The molecule has 1 aromatic heterocycles. The third-order valence-electron chi connectivity index (χ3n) is 6.32. The molecule has 0 aromatic carbocycles. The Bertz CT molecular complexity index is 611. The van der Waals surface area contributed by atoms with Gasteiger partial charge in [-0.2, -0.15) is 0 Å². The number of imidazole rings is 1. The van der Waals surface area contributed by atoms with Crippen LogP contribution in [0.3, 0.4) is 0 Å². The van der Waals surface area contributed by atoms with Crippen LogP contribution < -0.4 is 0 Å². The molecule has 0 unspecified atom stereocenters. The summed E-state index contributed by atoms with van der Waals surface area (Å²) in [6, 6.07) is 0. The average Bonchev–Trinajstić information content (AvgIpc) is 3.10. The number of likely N-dealkylation sites (tertiary alicyclic amines) is 1. The highest BCUT2D eigenvalue weighted by Crippen LogP contribution is 2.29. The molecule has 1 atom stereocenters. The van der Waals surface area contributed by atoms with Crippen LogP contribution in [0.1, 0.15) is 64.1 Å². The Hall–Kier alpha value is -1.40. The Labute approximate surface area is 163 Å². The molecular weight excluding hydrogens is 340 g/mol. The molecule has 1 saturated heterocycles. The van der Waals surface area contributed by atoms with Crippen molar-refractivity contribution < 1.29 is 9.90 Å². The lowest BCUT2D eigenvalue weighted by molar-refractivity contribution is -0.159. The van der Waals surface area contributed by atoms with Gasteiger partial charge in [0.15, 0.2) is 5.60 Å². The molecule has 152 valence electrons. The molecular formula is C21H36N4O2. The quantitative estimate of drug-likeness (QED) is 0.758. The Morgan fingerprint density at radius 3 is 2.81 bits per heavy atom. The number of carbonyl (C=O) groups is 1. The van der Waals surface area contributed by atoms with Gasteiger partial charge in [0, 0.05) is 38.6 Å². The molecule has 2 aliphatic rings. The maximum Gasteiger partial charge on any atom is 0.255 e. The molecule has 2 fully saturated rings. The second kappa shape index (κ2) is 9.20. The molecule has 1 amide bonds. The second-order valence-corrected chi connectivity index (χ2v) is 8.52. The summed E-state index contributed by atoms with van der Waals surface area (Å²) < 4.78 is 2.10. The first-order chi connectivity index (χ1) is 13.0. The van der Waals surface area contributed by atoms with E-state index in [4.69, 9.17) is 0 Å². The van der Waals surface area contributed by atoms with E-state index in [1.165, 1.54) is 32.1 Å². The summed E-state index contributed by atoms with van der Waals surface area (Å²) in [5, 5.41) is 11.1. The van der Waals surface area contributed by atoms with E-state index in [-0.39, 0.29) is 5.91 Å². The zero-order valence-electron chi connectivity index (χ0n) is 17.1. The number of hydrogen-bond acceptors (Lipinski definition) is 4. The third kappa shape index (κ3) is 5.11. The summed E-state index contributed by atoms with van der Waals surface area (Å²) in [5.74, 6) is 1.66. The van der Waals surface area contributed by atoms with Crippen LogP contribution in [0.15, 0.2) is 12.4 Å². The van der Waals surface area contributed by atoms with Crippen LogP contribution in [0.2, 0.25) is 0 Å². The zero-order chi connectivity index (χ0) is 19.3. The molecule has 1 aromatic rings. The standard InChI is InChI=1S/C21H36N4O2/c1-3-24-15-12-22-19(24)16-23(2)17-21(27)11-7-13-25(20(21)26)14-10-18-8-5-4-6-9-18/h12,15,18,27H,3-11,13-14,16-17H2,1-2H3/t21-/m1/s1. The van der Waals surface area contributed by atoms with Gasteiger partial charge in [0.2, 0.25) is 0 Å². The highest BCUT2D eigenvalue weighted by Gasteiger charge is 2.42. The fraction of sp³-hybridized carbons (Fsp3) is 0.810. The first-order valence-electron chi connectivity index (χ1n) is 10.7. The van der Waals surface area contributed by atoms with Gasteiger partial charge in [-0.1, -0.05) is 32.1 Å². The van der Waals surface area contributed by atoms with Crippen molar-refractivity contribution in [2.75, 3.05) is 26.7 Å². The van der Waals surface area contributed by atoms with Gasteiger partial charge >= 0.3 is 0 Å². The molecule has 1 saturated carbocycles. The summed E-state index contributed by atoms with van der Waals surface area (Å²) in [4.78, 5) is 21.4. The summed E-state index contributed by atoms with van der Waals surface area (Å²) in [6.45, 7) is 5.56. The largest absolute Gasteiger partial charge is 0.379 e. The molecule has 2 heterocycles. The number of carbonyl (C=O) groups excluding carboxylic acids is 1. The predicted octanol–water partition coefficient (Wildman–Crippen LogP) is 2.66. The molecule has 0 radical (unpaired) electrons. The lowest BCUT2D eigenvalue weighted by Crippen LogP contribution is -2.58. The lowest BCUT2D eigenvalue weighted by atomic mass is 9.86. The van der Waals surface area contributed by atoms with E-state index in [0.717, 1.165) is 44.2 Å². The Balaban J connectivity index is 1.54. The van der Waals surface area contributed by atoms with Gasteiger partial charge in [0.1, 0.15) is 5.82 Å². The molecule has 6 heteroatoms. The van der Waals surface area contributed by atoms with Crippen molar-refractivity contribution in [1.82, 2.24) is 19.4 Å². The van der Waals surface area contributed by atoms with Gasteiger partial charge in [-0.3, -0.25) is 9.69 Å². The molecule has 1 N–H and O–H groups in total. The van der Waals surface area contributed by atoms with Crippen molar-refractivity contribution in [2.24, 2.45) is 5.92 Å². The lowest BCUT2D eigenvalue weighted by Gasteiger charge is -2.40. The molecule has 6 nitrogen and oxygen atoms in total. The highest BCUT2D eigenvalue weighted by atomic mass is 16.3. The van der Waals surface area contributed by atoms with Crippen LogP contribution in [0.25, 0.3) is 0 Å². The van der Waals surface area contributed by atoms with Crippen LogP contribution in [-0.2, 0) is 17.9 Å². The monoisotopic (exact) mass is 376 g/mol. The molecule has 1 aliphatic heterocycles. The van der Waals surface area contributed by atoms with Gasteiger partial charge in [-0.05, 0) is 39.2 Å². The van der Waals surface area contributed by atoms with Gasteiger partial charge in [-0.25, -0.2) is 4.98 Å². The van der Waals surface area contributed by atoms with E-state index < -0.39 is 5.60 Å². The van der Waals surface area contributed by atoms with Gasteiger partial charge in [0.25, 0.3) is 5.91 Å². The van der Waals surface area contributed by atoms with Crippen molar-refractivity contribution in [3.05, 3.63) is 18.2 Å². The second-order valence-electron chi connectivity index (χ2n) is 8.52. The van der Waals surface area contributed by atoms with Crippen LogP contribution in [0.4, 0.5) is 0 Å². The smallest absolute Gasteiger partial charge is 0.255 e. The van der Waals surface area contributed by atoms with Crippen molar-refractivity contribution >= 4 is 5.91 Å². The number of piperidine rings is 1. The zero-order valence-corrected chi connectivity index (χ0v) is 17.1. The number of aryl methyl sites for hydroxylation is 1. The van der Waals surface area contributed by atoms with Crippen molar-refractivity contribution in [2.45, 2.75) is 77.0 Å². The van der Waals surface area contributed by atoms with E-state index >= 15 is 0 Å². The Morgan fingerprint density at radius 1 is 1.30 bits per heavy atom. The molecule has 0 bridgehead atoms. The maximum absolute atomic E-state index is 13.0. The number of amides is 1. The van der Waals surface area contributed by atoms with E-state index in [2.05, 4.69) is 16.5 Å². The molecule has 1 aliphatic carbocycles. The fourth-order valence-electron chi connectivity index (χ4n) is 4.76. The summed E-state index contributed by atoms with van der Waals surface area (Å²) in [5.41, 5.74) is -1.26. The summed E-state index contributed by atoms with van der Waals surface area (Å²) in [7, 11) is 1.96. The number of rotatable bonds is 8. The molecule has 27 heavy (non-hydrogen) atoms. The highest BCUT2D eigenvalue weighted by molar-refractivity contribution is 5.86. The summed E-state index contributed by atoms with van der Waals surface area (Å²) in [6.07, 6.45) is 12.9. The minimum absolute atomic E-state index is 0.0738. The van der Waals surface area contributed by atoms with Crippen molar-refractivity contribution in [3.8, 4) is 0 Å². The fourth-order valence-corrected chi connectivity index (χ4v) is 4.76. The maximum atomic E-state index is 13.0. The first kappa shape index (κ1) is 20.3. The normalized spacial score (nSPS) is 24.7. The number of hydrogen-bond donors (Lipinski definition) is 1. The van der Waals surface area contributed by atoms with Crippen LogP contribution >= 0.6 is 0 Å². The first-order valence-corrected chi connectivity index (χ1v) is 10.7. The number of nitrogens with zero attached hydrogens (tertiary/aromatic N) is 4. The van der Waals surface area contributed by atoms with E-state index in [1.54, 1.807) is 6.20 Å². The van der Waals surface area contributed by atoms with Gasteiger partial charge < -0.3 is 14.6 Å². The Kier molecular flexibility index (Phi) is 6.93. The van der Waals surface area contributed by atoms with E-state index in [1.807, 2.05) is 23.0 Å². The SMILES string of the molecule is CCn1ccnc1CN(C)C[C@]1(O)CCCN(CCC2CCCCC2)C1=O. The topological polar surface area (TPSA) is 61.6 Å². The van der Waals surface area contributed by atoms with E-state index in [9.17, 15) is 9.90 Å². The van der Waals surface area contributed by atoms with Crippen LogP contribution in [0, 0.1) is 5.92 Å². The van der Waals surface area contributed by atoms with Gasteiger partial charge in [-0.15, -0.1) is 0 Å². The molecule has 3 rings (SSSR count).